The Morgan fingerprint density at radius 3 is 3.18 bits per heavy atom. The predicted molar refractivity (Wildman–Crippen MR) is 65.7 cm³/mol. The molecule has 0 spiro atoms. The zero-order valence-electron chi connectivity index (χ0n) is 10.0. The molecule has 0 radical (unpaired) electrons. The third-order valence-electron chi connectivity index (χ3n) is 4.89. The average Bonchev–Trinajstić information content (AvgIpc) is 2.92. The van der Waals surface area contributed by atoms with Crippen LogP contribution in [0.5, 0.6) is 0 Å². The van der Waals surface area contributed by atoms with Crippen LogP contribution in [-0.4, -0.2) is 28.7 Å². The highest BCUT2D eigenvalue weighted by Crippen LogP contribution is 2.41. The summed E-state index contributed by atoms with van der Waals surface area (Å²) in [6.07, 6.45) is 11.3. The van der Waals surface area contributed by atoms with Gasteiger partial charge in [-0.3, -0.25) is 14.7 Å². The quantitative estimate of drug-likeness (QED) is 0.587. The molecule has 1 amide bonds. The van der Waals surface area contributed by atoms with Gasteiger partial charge in [-0.15, -0.1) is 0 Å². The zero-order chi connectivity index (χ0) is 11.4. The summed E-state index contributed by atoms with van der Waals surface area (Å²) in [5.41, 5.74) is 0. The van der Waals surface area contributed by atoms with Gasteiger partial charge in [-0.1, -0.05) is 18.6 Å². The van der Waals surface area contributed by atoms with Crippen molar-refractivity contribution in [3.05, 3.63) is 12.2 Å². The van der Waals surface area contributed by atoms with Crippen LogP contribution in [0.2, 0.25) is 0 Å². The molecule has 4 atom stereocenters. The van der Waals surface area contributed by atoms with Gasteiger partial charge in [0.25, 0.3) is 0 Å². The molecular formula is C14H18N2O. The molecule has 2 fully saturated rings. The van der Waals surface area contributed by atoms with Crippen molar-refractivity contribution in [2.45, 2.75) is 50.6 Å². The Morgan fingerprint density at radius 2 is 2.24 bits per heavy atom. The van der Waals surface area contributed by atoms with E-state index in [1.807, 2.05) is 4.90 Å². The lowest BCUT2D eigenvalue weighted by Crippen LogP contribution is -2.48. The topological polar surface area (TPSA) is 32.7 Å². The Kier molecular flexibility index (Phi) is 1.99. The molecule has 17 heavy (non-hydrogen) atoms. The van der Waals surface area contributed by atoms with Gasteiger partial charge in [-0.2, -0.15) is 0 Å². The number of fused-ring (bicyclic) bond motifs is 4. The Bertz CT molecular complexity index is 426. The number of allylic oxidation sites excluding steroid dienone is 1. The van der Waals surface area contributed by atoms with Gasteiger partial charge in [0.05, 0.1) is 18.0 Å². The maximum Gasteiger partial charge on any atom is 0.233 e. The maximum atomic E-state index is 12.6. The maximum absolute atomic E-state index is 12.6. The smallest absolute Gasteiger partial charge is 0.233 e. The summed E-state index contributed by atoms with van der Waals surface area (Å²) in [4.78, 5) is 19.5. The standard InChI is InChI=1S/C14H18N2O/c17-14-10-5-3-6-11(10)15-13-8-9-4-1-2-7-12(9)16(13)14/h2,7,9-12H,1,3-6,8H2/t9?,10?,11?,12-/m0/s1. The van der Waals surface area contributed by atoms with Crippen LogP contribution in [-0.2, 0) is 4.79 Å². The molecule has 1 saturated heterocycles. The van der Waals surface area contributed by atoms with Crippen LogP contribution in [0.1, 0.15) is 38.5 Å². The van der Waals surface area contributed by atoms with E-state index in [1.165, 1.54) is 19.3 Å². The minimum Gasteiger partial charge on any atom is -0.293 e. The minimum absolute atomic E-state index is 0.202. The van der Waals surface area contributed by atoms with Gasteiger partial charge in [-0.25, -0.2) is 0 Å². The van der Waals surface area contributed by atoms with Gasteiger partial charge < -0.3 is 0 Å². The Balaban J connectivity index is 1.74. The molecule has 2 aliphatic heterocycles. The molecule has 0 aromatic carbocycles. The first-order chi connectivity index (χ1) is 8.34. The molecule has 2 heterocycles. The van der Waals surface area contributed by atoms with Gasteiger partial charge in [-0.05, 0) is 31.6 Å². The van der Waals surface area contributed by atoms with Crippen LogP contribution in [0.25, 0.3) is 0 Å². The number of carbonyl (C=O) groups excluding carboxylic acids is 1. The number of carbonyl (C=O) groups is 1. The number of nitrogens with zero attached hydrogens (tertiary/aromatic N) is 2. The molecule has 0 aromatic rings. The summed E-state index contributed by atoms with van der Waals surface area (Å²) in [6, 6.07) is 0.648. The summed E-state index contributed by atoms with van der Waals surface area (Å²) < 4.78 is 0. The number of amides is 1. The van der Waals surface area contributed by atoms with Crippen molar-refractivity contribution in [2.75, 3.05) is 0 Å². The van der Waals surface area contributed by atoms with Crippen LogP contribution in [0.15, 0.2) is 17.1 Å². The van der Waals surface area contributed by atoms with E-state index < -0.39 is 0 Å². The fourth-order valence-corrected chi connectivity index (χ4v) is 4.04. The normalized spacial score (nSPS) is 43.2. The highest BCUT2D eigenvalue weighted by atomic mass is 16.2. The number of aliphatic imine (C=N–C) groups is 1. The van der Waals surface area contributed by atoms with Crippen LogP contribution in [0.3, 0.4) is 0 Å². The van der Waals surface area contributed by atoms with E-state index >= 15 is 0 Å². The van der Waals surface area contributed by atoms with Crippen molar-refractivity contribution in [1.82, 2.24) is 4.90 Å². The first-order valence-corrected chi connectivity index (χ1v) is 6.91. The summed E-state index contributed by atoms with van der Waals surface area (Å²) in [5, 5.41) is 0. The first kappa shape index (κ1) is 9.86. The second-order valence-corrected chi connectivity index (χ2v) is 5.82. The number of hydrogen-bond donors (Lipinski definition) is 0. The third-order valence-corrected chi connectivity index (χ3v) is 4.89. The lowest BCUT2D eigenvalue weighted by molar-refractivity contribution is -0.133. The number of hydrogen-bond acceptors (Lipinski definition) is 2. The molecule has 1 saturated carbocycles. The van der Waals surface area contributed by atoms with Crippen molar-refractivity contribution >= 4 is 11.7 Å². The molecule has 0 N–H and O–H groups in total. The van der Waals surface area contributed by atoms with Crippen LogP contribution < -0.4 is 0 Å². The molecule has 4 aliphatic rings. The van der Waals surface area contributed by atoms with E-state index in [1.54, 1.807) is 0 Å². The molecule has 3 unspecified atom stereocenters. The van der Waals surface area contributed by atoms with Crippen molar-refractivity contribution in [2.24, 2.45) is 16.8 Å². The van der Waals surface area contributed by atoms with E-state index in [0.717, 1.165) is 25.1 Å². The minimum atomic E-state index is 0.202. The zero-order valence-corrected chi connectivity index (χ0v) is 10.0. The van der Waals surface area contributed by atoms with E-state index in [-0.39, 0.29) is 5.92 Å². The molecule has 0 aromatic heterocycles. The highest BCUT2D eigenvalue weighted by Gasteiger charge is 2.48. The lowest BCUT2D eigenvalue weighted by Gasteiger charge is -2.34. The van der Waals surface area contributed by atoms with Gasteiger partial charge in [0.1, 0.15) is 5.84 Å². The van der Waals surface area contributed by atoms with Crippen molar-refractivity contribution < 1.29 is 4.79 Å². The largest absolute Gasteiger partial charge is 0.293 e. The van der Waals surface area contributed by atoms with E-state index in [9.17, 15) is 4.79 Å². The lowest BCUT2D eigenvalue weighted by atomic mass is 9.90. The van der Waals surface area contributed by atoms with Crippen LogP contribution in [0, 0.1) is 11.8 Å². The molecule has 0 bridgehead atoms. The monoisotopic (exact) mass is 230 g/mol. The van der Waals surface area contributed by atoms with Gasteiger partial charge >= 0.3 is 0 Å². The molecule has 90 valence electrons. The summed E-state index contributed by atoms with van der Waals surface area (Å²) in [7, 11) is 0. The van der Waals surface area contributed by atoms with E-state index in [2.05, 4.69) is 12.2 Å². The van der Waals surface area contributed by atoms with Crippen LogP contribution >= 0.6 is 0 Å². The van der Waals surface area contributed by atoms with Gasteiger partial charge in [0.2, 0.25) is 5.91 Å². The second kappa shape index (κ2) is 3.44. The summed E-state index contributed by atoms with van der Waals surface area (Å²) >= 11 is 0. The fourth-order valence-electron chi connectivity index (χ4n) is 4.04. The SMILES string of the molecule is O=C1C2CCCC2N=C2CC3CCC=C[C@@H]3N12. The van der Waals surface area contributed by atoms with Crippen molar-refractivity contribution in [3.8, 4) is 0 Å². The van der Waals surface area contributed by atoms with Crippen LogP contribution in [0.4, 0.5) is 0 Å². The highest BCUT2D eigenvalue weighted by molar-refractivity contribution is 6.04. The fraction of sp³-hybridized carbons (Fsp3) is 0.714. The van der Waals surface area contributed by atoms with E-state index in [0.29, 0.717) is 23.9 Å². The molecule has 3 nitrogen and oxygen atoms in total. The predicted octanol–water partition coefficient (Wildman–Crippen LogP) is 2.13. The first-order valence-electron chi connectivity index (χ1n) is 6.91. The molecule has 3 heteroatoms. The van der Waals surface area contributed by atoms with Gasteiger partial charge in [0.15, 0.2) is 0 Å². The Labute approximate surface area is 102 Å². The molecule has 2 aliphatic carbocycles. The Morgan fingerprint density at radius 1 is 1.29 bits per heavy atom. The van der Waals surface area contributed by atoms with Crippen molar-refractivity contribution in [1.29, 1.82) is 0 Å². The summed E-state index contributed by atoms with van der Waals surface area (Å²) in [6.45, 7) is 0. The van der Waals surface area contributed by atoms with Crippen molar-refractivity contribution in [3.63, 3.8) is 0 Å². The average molecular weight is 230 g/mol. The summed E-state index contributed by atoms with van der Waals surface area (Å²) in [5.74, 6) is 2.31. The number of amidine groups is 1. The van der Waals surface area contributed by atoms with Gasteiger partial charge in [0, 0.05) is 6.42 Å². The molecular weight excluding hydrogens is 212 g/mol. The number of rotatable bonds is 0. The Hall–Kier alpha value is -1.12. The molecule has 4 rings (SSSR count). The second-order valence-electron chi connectivity index (χ2n) is 5.82. The van der Waals surface area contributed by atoms with E-state index in [4.69, 9.17) is 4.99 Å². The third kappa shape index (κ3) is 1.28.